The van der Waals surface area contributed by atoms with Gasteiger partial charge in [0.15, 0.2) is 0 Å². The van der Waals surface area contributed by atoms with Crippen LogP contribution in [0.15, 0.2) is 40.9 Å². The molecule has 0 aliphatic rings. The van der Waals surface area contributed by atoms with Crippen molar-refractivity contribution in [2.24, 2.45) is 0 Å². The minimum Gasteiger partial charge on any atom is -0.207 e. The lowest BCUT2D eigenvalue weighted by molar-refractivity contribution is 0.579. The fraction of sp³-hybridized carbons (Fsp3) is 0.143. The summed E-state index contributed by atoms with van der Waals surface area (Å²) in [5, 5.41) is 0.616. The summed E-state index contributed by atoms with van der Waals surface area (Å²) in [7, 11) is 0. The van der Waals surface area contributed by atoms with Gasteiger partial charge in [-0.15, -0.1) is 0 Å². The van der Waals surface area contributed by atoms with Crippen LogP contribution in [0, 0.1) is 11.6 Å². The molecule has 0 aromatic heterocycles. The number of hydrogen-bond donors (Lipinski definition) is 0. The average molecular weight is 410 g/mol. The summed E-state index contributed by atoms with van der Waals surface area (Å²) in [6, 6.07) is 9.65. The largest absolute Gasteiger partial charge is 0.207 e. The molecule has 0 amide bonds. The van der Waals surface area contributed by atoms with E-state index < -0.39 is 11.6 Å². The first kappa shape index (κ1) is 14.9. The lowest BCUT2D eigenvalue weighted by Gasteiger charge is -2.13. The molecular formula is C14H9Br2ClF2. The van der Waals surface area contributed by atoms with E-state index in [-0.39, 0.29) is 14.9 Å². The van der Waals surface area contributed by atoms with Crippen molar-refractivity contribution >= 4 is 43.5 Å². The second kappa shape index (κ2) is 6.33. The van der Waals surface area contributed by atoms with E-state index in [9.17, 15) is 8.78 Å². The Morgan fingerprint density at radius 1 is 1.11 bits per heavy atom. The van der Waals surface area contributed by atoms with Gasteiger partial charge in [-0.1, -0.05) is 45.7 Å². The number of alkyl halides is 1. The lowest BCUT2D eigenvalue weighted by Crippen LogP contribution is -2.00. The summed E-state index contributed by atoms with van der Waals surface area (Å²) in [6.07, 6.45) is 0.484. The van der Waals surface area contributed by atoms with Crippen molar-refractivity contribution in [3.8, 4) is 0 Å². The van der Waals surface area contributed by atoms with Crippen LogP contribution in [0.3, 0.4) is 0 Å². The molecule has 0 bridgehead atoms. The van der Waals surface area contributed by atoms with Gasteiger partial charge >= 0.3 is 0 Å². The maximum Gasteiger partial charge on any atom is 0.137 e. The van der Waals surface area contributed by atoms with E-state index in [0.717, 1.165) is 11.6 Å². The standard InChI is InChI=1S/C14H9Br2ClF2/c15-10(5-8-3-1-2-4-12(8)17)9-6-14(19)11(16)7-13(9)18/h1-4,6-7,10H,5H2. The summed E-state index contributed by atoms with van der Waals surface area (Å²) in [5.74, 6) is -0.942. The molecule has 0 N–H and O–H groups in total. The first-order valence-corrected chi connectivity index (χ1v) is 7.59. The molecular weight excluding hydrogens is 401 g/mol. The van der Waals surface area contributed by atoms with Gasteiger partial charge in [0.25, 0.3) is 0 Å². The highest BCUT2D eigenvalue weighted by Gasteiger charge is 2.17. The molecule has 0 nitrogen and oxygen atoms in total. The maximum atomic E-state index is 13.8. The average Bonchev–Trinajstić information content (AvgIpc) is 2.36. The van der Waals surface area contributed by atoms with Gasteiger partial charge in [-0.2, -0.15) is 0 Å². The van der Waals surface area contributed by atoms with Crippen LogP contribution in [0.5, 0.6) is 0 Å². The Morgan fingerprint density at radius 3 is 2.47 bits per heavy atom. The molecule has 19 heavy (non-hydrogen) atoms. The first-order valence-electron chi connectivity index (χ1n) is 5.51. The van der Waals surface area contributed by atoms with Crippen molar-refractivity contribution in [1.82, 2.24) is 0 Å². The zero-order valence-corrected chi connectivity index (χ0v) is 13.6. The molecule has 0 aliphatic carbocycles. The number of hydrogen-bond acceptors (Lipinski definition) is 0. The van der Waals surface area contributed by atoms with Crippen LogP contribution >= 0.6 is 43.5 Å². The molecule has 0 spiro atoms. The van der Waals surface area contributed by atoms with Gasteiger partial charge < -0.3 is 0 Å². The molecule has 5 heteroatoms. The molecule has 0 saturated carbocycles. The smallest absolute Gasteiger partial charge is 0.137 e. The van der Waals surface area contributed by atoms with Crippen LogP contribution in [0.4, 0.5) is 8.78 Å². The zero-order chi connectivity index (χ0) is 14.0. The Balaban J connectivity index is 2.28. The fourth-order valence-electron chi connectivity index (χ4n) is 1.74. The van der Waals surface area contributed by atoms with Crippen molar-refractivity contribution in [2.45, 2.75) is 11.2 Å². The SMILES string of the molecule is Fc1cc(C(Br)Cc2ccccc2Cl)c(F)cc1Br. The molecule has 0 heterocycles. The van der Waals surface area contributed by atoms with Crippen LogP contribution in [-0.2, 0) is 6.42 Å². The minimum absolute atomic E-state index is 0.117. The van der Waals surface area contributed by atoms with Crippen molar-refractivity contribution in [3.63, 3.8) is 0 Å². The summed E-state index contributed by atoms with van der Waals surface area (Å²) in [5.41, 5.74) is 1.16. The van der Waals surface area contributed by atoms with E-state index in [1.54, 1.807) is 6.07 Å². The van der Waals surface area contributed by atoms with Crippen LogP contribution in [0.2, 0.25) is 5.02 Å². The predicted octanol–water partition coefficient (Wildman–Crippen LogP) is 6.06. The van der Waals surface area contributed by atoms with Gasteiger partial charge in [0.1, 0.15) is 11.6 Å². The molecule has 0 aliphatic heterocycles. The second-order valence-electron chi connectivity index (χ2n) is 4.05. The Kier molecular flexibility index (Phi) is 4.98. The van der Waals surface area contributed by atoms with Crippen molar-refractivity contribution < 1.29 is 8.78 Å². The van der Waals surface area contributed by atoms with E-state index in [1.165, 1.54) is 6.07 Å². The number of rotatable bonds is 3. The highest BCUT2D eigenvalue weighted by Crippen LogP contribution is 2.33. The van der Waals surface area contributed by atoms with Gasteiger partial charge in [0.05, 0.1) is 4.47 Å². The predicted molar refractivity (Wildman–Crippen MR) is 80.9 cm³/mol. The maximum absolute atomic E-state index is 13.8. The summed E-state index contributed by atoms with van der Waals surface area (Å²) in [6.45, 7) is 0. The van der Waals surface area contributed by atoms with Crippen LogP contribution in [0.25, 0.3) is 0 Å². The molecule has 2 aromatic carbocycles. The molecule has 1 unspecified atom stereocenters. The van der Waals surface area contributed by atoms with Gasteiger partial charge in [-0.3, -0.25) is 0 Å². The number of halogens is 5. The summed E-state index contributed by atoms with van der Waals surface area (Å²) in [4.78, 5) is -0.338. The fourth-order valence-corrected chi connectivity index (χ4v) is 2.97. The monoisotopic (exact) mass is 408 g/mol. The molecule has 0 saturated heterocycles. The quantitative estimate of drug-likeness (QED) is 0.426. The third-order valence-electron chi connectivity index (χ3n) is 2.73. The Labute approximate surface area is 132 Å². The van der Waals surface area contributed by atoms with E-state index in [1.807, 2.05) is 18.2 Å². The second-order valence-corrected chi connectivity index (χ2v) is 6.42. The van der Waals surface area contributed by atoms with Crippen LogP contribution in [-0.4, -0.2) is 0 Å². The lowest BCUT2D eigenvalue weighted by atomic mass is 10.0. The first-order chi connectivity index (χ1) is 8.99. The van der Waals surface area contributed by atoms with E-state index >= 15 is 0 Å². The molecule has 1 atom stereocenters. The van der Waals surface area contributed by atoms with E-state index in [2.05, 4.69) is 31.9 Å². The van der Waals surface area contributed by atoms with Crippen molar-refractivity contribution in [3.05, 3.63) is 68.7 Å². The molecule has 100 valence electrons. The Bertz CT molecular complexity index is 602. The third-order valence-corrected chi connectivity index (χ3v) is 4.53. The van der Waals surface area contributed by atoms with Gasteiger partial charge in [0.2, 0.25) is 0 Å². The van der Waals surface area contributed by atoms with E-state index in [4.69, 9.17) is 11.6 Å². The van der Waals surface area contributed by atoms with E-state index in [0.29, 0.717) is 11.4 Å². The number of benzene rings is 2. The Morgan fingerprint density at radius 2 is 1.79 bits per heavy atom. The highest BCUT2D eigenvalue weighted by atomic mass is 79.9. The topological polar surface area (TPSA) is 0 Å². The van der Waals surface area contributed by atoms with Crippen molar-refractivity contribution in [1.29, 1.82) is 0 Å². The van der Waals surface area contributed by atoms with Gasteiger partial charge in [0, 0.05) is 15.4 Å². The molecule has 2 rings (SSSR count). The summed E-state index contributed by atoms with van der Waals surface area (Å²) >= 11 is 12.4. The minimum atomic E-state index is -0.486. The molecule has 2 aromatic rings. The Hall–Kier alpha value is -0.450. The van der Waals surface area contributed by atoms with Crippen LogP contribution < -0.4 is 0 Å². The third kappa shape index (κ3) is 3.56. The summed E-state index contributed by atoms with van der Waals surface area (Å²) < 4.78 is 27.4. The van der Waals surface area contributed by atoms with Crippen LogP contribution in [0.1, 0.15) is 16.0 Å². The van der Waals surface area contributed by atoms with Crippen molar-refractivity contribution in [2.75, 3.05) is 0 Å². The zero-order valence-electron chi connectivity index (χ0n) is 9.64. The molecule has 0 radical (unpaired) electrons. The van der Waals surface area contributed by atoms with Gasteiger partial charge in [-0.25, -0.2) is 8.78 Å². The molecule has 0 fully saturated rings. The van der Waals surface area contributed by atoms with Gasteiger partial charge in [-0.05, 0) is 46.1 Å². The normalized spacial score (nSPS) is 12.5. The highest BCUT2D eigenvalue weighted by molar-refractivity contribution is 9.10.